The van der Waals surface area contributed by atoms with Gasteiger partial charge in [-0.1, -0.05) is 13.8 Å². The summed E-state index contributed by atoms with van der Waals surface area (Å²) in [4.78, 5) is 2.16. The van der Waals surface area contributed by atoms with Gasteiger partial charge in [0.25, 0.3) is 0 Å². The largest absolute Gasteiger partial charge is 0.360 e. The van der Waals surface area contributed by atoms with E-state index in [0.717, 1.165) is 5.11 Å². The summed E-state index contributed by atoms with van der Waals surface area (Å²) in [6.45, 7) is 6.66. The molecule has 1 aliphatic carbocycles. The standard InChI is InChI=1S/C10H20N2S/c1-7(2)8(3)12(4)10(13)11-9-5-6-9/h7-9H,5-6H2,1-4H3,(H,11,13). The van der Waals surface area contributed by atoms with Gasteiger partial charge >= 0.3 is 0 Å². The van der Waals surface area contributed by atoms with Crippen molar-refractivity contribution in [3.63, 3.8) is 0 Å². The topological polar surface area (TPSA) is 15.3 Å². The number of hydrogen-bond donors (Lipinski definition) is 1. The Bertz CT molecular complexity index is 187. The zero-order chi connectivity index (χ0) is 10.0. The van der Waals surface area contributed by atoms with Gasteiger partial charge in [-0.15, -0.1) is 0 Å². The lowest BCUT2D eigenvalue weighted by atomic mass is 10.1. The fourth-order valence-electron chi connectivity index (χ4n) is 1.14. The van der Waals surface area contributed by atoms with Gasteiger partial charge in [0.1, 0.15) is 0 Å². The summed E-state index contributed by atoms with van der Waals surface area (Å²) in [5, 5.41) is 4.25. The molecule has 1 rings (SSSR count). The van der Waals surface area contributed by atoms with Crippen LogP contribution in [0.2, 0.25) is 0 Å². The molecule has 1 aliphatic rings. The number of nitrogens with zero attached hydrogens (tertiary/aromatic N) is 1. The SMILES string of the molecule is CC(C)C(C)N(C)C(=S)NC1CC1. The fourth-order valence-corrected chi connectivity index (χ4v) is 1.47. The van der Waals surface area contributed by atoms with Crippen molar-refractivity contribution in [2.75, 3.05) is 7.05 Å². The summed E-state index contributed by atoms with van der Waals surface area (Å²) in [5.74, 6) is 0.643. The first kappa shape index (κ1) is 10.8. The van der Waals surface area contributed by atoms with Gasteiger partial charge in [-0.05, 0) is 37.9 Å². The van der Waals surface area contributed by atoms with Crippen LogP contribution < -0.4 is 5.32 Å². The van der Waals surface area contributed by atoms with Crippen LogP contribution in [0.5, 0.6) is 0 Å². The lowest BCUT2D eigenvalue weighted by Crippen LogP contribution is -2.44. The molecule has 0 amide bonds. The normalized spacial score (nSPS) is 18.5. The molecule has 0 heterocycles. The molecule has 1 fully saturated rings. The van der Waals surface area contributed by atoms with E-state index in [0.29, 0.717) is 18.0 Å². The molecule has 0 radical (unpaired) electrons. The number of hydrogen-bond acceptors (Lipinski definition) is 1. The quantitative estimate of drug-likeness (QED) is 0.702. The third-order valence-corrected chi connectivity index (χ3v) is 3.21. The highest BCUT2D eigenvalue weighted by atomic mass is 32.1. The van der Waals surface area contributed by atoms with Gasteiger partial charge in [0.05, 0.1) is 0 Å². The number of thiocarbonyl (C=S) groups is 1. The Balaban J connectivity index is 2.35. The minimum atomic E-state index is 0.513. The Labute approximate surface area is 86.7 Å². The Hall–Kier alpha value is -0.310. The second kappa shape index (κ2) is 4.27. The maximum absolute atomic E-state index is 5.30. The van der Waals surface area contributed by atoms with Crippen LogP contribution in [0.4, 0.5) is 0 Å². The van der Waals surface area contributed by atoms with Crippen LogP contribution in [-0.4, -0.2) is 29.1 Å². The summed E-state index contributed by atoms with van der Waals surface area (Å²) in [6.07, 6.45) is 2.56. The first-order chi connectivity index (χ1) is 6.02. The van der Waals surface area contributed by atoms with Crippen LogP contribution in [0.25, 0.3) is 0 Å². The van der Waals surface area contributed by atoms with Crippen LogP contribution in [-0.2, 0) is 0 Å². The van der Waals surface area contributed by atoms with Gasteiger partial charge in [0, 0.05) is 19.1 Å². The highest BCUT2D eigenvalue weighted by Gasteiger charge is 2.24. The van der Waals surface area contributed by atoms with Crippen molar-refractivity contribution in [1.82, 2.24) is 10.2 Å². The van der Waals surface area contributed by atoms with E-state index in [1.54, 1.807) is 0 Å². The van der Waals surface area contributed by atoms with Gasteiger partial charge in [-0.25, -0.2) is 0 Å². The predicted molar refractivity (Wildman–Crippen MR) is 60.8 cm³/mol. The van der Waals surface area contributed by atoms with Gasteiger partial charge in [0.2, 0.25) is 0 Å². The third kappa shape index (κ3) is 3.14. The van der Waals surface area contributed by atoms with Gasteiger partial charge in [0.15, 0.2) is 5.11 Å². The Morgan fingerprint density at radius 2 is 1.92 bits per heavy atom. The monoisotopic (exact) mass is 200 g/mol. The van der Waals surface area contributed by atoms with E-state index in [1.807, 2.05) is 0 Å². The highest BCUT2D eigenvalue weighted by molar-refractivity contribution is 7.80. The van der Waals surface area contributed by atoms with Crippen molar-refractivity contribution in [3.05, 3.63) is 0 Å². The second-order valence-electron chi connectivity index (χ2n) is 4.32. The molecule has 1 unspecified atom stereocenters. The van der Waals surface area contributed by atoms with E-state index < -0.39 is 0 Å². The van der Waals surface area contributed by atoms with E-state index in [4.69, 9.17) is 12.2 Å². The summed E-state index contributed by atoms with van der Waals surface area (Å²) >= 11 is 5.30. The summed E-state index contributed by atoms with van der Waals surface area (Å²) < 4.78 is 0. The van der Waals surface area contributed by atoms with Crippen LogP contribution in [0.3, 0.4) is 0 Å². The molecule has 3 heteroatoms. The van der Waals surface area contributed by atoms with Gasteiger partial charge in [-0.3, -0.25) is 0 Å². The van der Waals surface area contributed by atoms with E-state index in [1.165, 1.54) is 12.8 Å². The fraction of sp³-hybridized carbons (Fsp3) is 0.900. The first-order valence-corrected chi connectivity index (χ1v) is 5.46. The van der Waals surface area contributed by atoms with Crippen molar-refractivity contribution >= 4 is 17.3 Å². The lowest BCUT2D eigenvalue weighted by Gasteiger charge is -2.30. The van der Waals surface area contributed by atoms with Gasteiger partial charge < -0.3 is 10.2 Å². The molecule has 76 valence electrons. The molecular formula is C10H20N2S. The molecule has 13 heavy (non-hydrogen) atoms. The molecule has 1 N–H and O–H groups in total. The zero-order valence-corrected chi connectivity index (χ0v) is 9.82. The molecule has 1 saturated carbocycles. The smallest absolute Gasteiger partial charge is 0.169 e. The summed E-state index contributed by atoms with van der Waals surface area (Å²) in [7, 11) is 2.07. The summed E-state index contributed by atoms with van der Waals surface area (Å²) in [5.41, 5.74) is 0. The van der Waals surface area contributed by atoms with Crippen molar-refractivity contribution in [3.8, 4) is 0 Å². The van der Waals surface area contributed by atoms with Crippen molar-refractivity contribution < 1.29 is 0 Å². The van der Waals surface area contributed by atoms with E-state index in [9.17, 15) is 0 Å². The predicted octanol–water partition coefficient (Wildman–Crippen LogP) is 2.00. The average molecular weight is 200 g/mol. The maximum Gasteiger partial charge on any atom is 0.169 e. The minimum Gasteiger partial charge on any atom is -0.360 e. The van der Waals surface area contributed by atoms with E-state index in [-0.39, 0.29) is 0 Å². The minimum absolute atomic E-state index is 0.513. The molecule has 2 nitrogen and oxygen atoms in total. The molecule has 0 saturated heterocycles. The molecule has 1 atom stereocenters. The maximum atomic E-state index is 5.30. The molecule has 0 aliphatic heterocycles. The lowest BCUT2D eigenvalue weighted by molar-refractivity contribution is 0.305. The Kier molecular flexibility index (Phi) is 3.54. The molecule has 0 aromatic carbocycles. The zero-order valence-electron chi connectivity index (χ0n) is 9.00. The first-order valence-electron chi connectivity index (χ1n) is 5.05. The second-order valence-corrected chi connectivity index (χ2v) is 4.71. The van der Waals surface area contributed by atoms with E-state index >= 15 is 0 Å². The van der Waals surface area contributed by atoms with Crippen LogP contribution >= 0.6 is 12.2 Å². The summed E-state index contributed by atoms with van der Waals surface area (Å²) in [6, 6.07) is 1.17. The number of rotatable bonds is 3. The molecule has 0 bridgehead atoms. The highest BCUT2D eigenvalue weighted by Crippen LogP contribution is 2.19. The van der Waals surface area contributed by atoms with Crippen LogP contribution in [0.15, 0.2) is 0 Å². The number of nitrogens with one attached hydrogen (secondary N) is 1. The van der Waals surface area contributed by atoms with Gasteiger partial charge in [-0.2, -0.15) is 0 Å². The van der Waals surface area contributed by atoms with Crippen LogP contribution in [0.1, 0.15) is 33.6 Å². The van der Waals surface area contributed by atoms with Crippen LogP contribution in [0, 0.1) is 5.92 Å². The molecule has 0 aromatic heterocycles. The van der Waals surface area contributed by atoms with Crippen molar-refractivity contribution in [2.45, 2.75) is 45.7 Å². The average Bonchev–Trinajstić information content (AvgIpc) is 2.85. The van der Waals surface area contributed by atoms with Crippen molar-refractivity contribution in [2.24, 2.45) is 5.92 Å². The molecule has 0 aromatic rings. The Morgan fingerprint density at radius 3 is 2.31 bits per heavy atom. The third-order valence-electron chi connectivity index (χ3n) is 2.80. The Morgan fingerprint density at radius 1 is 1.38 bits per heavy atom. The van der Waals surface area contributed by atoms with E-state index in [2.05, 4.69) is 38.0 Å². The van der Waals surface area contributed by atoms with Crippen molar-refractivity contribution in [1.29, 1.82) is 0 Å². The molecule has 0 spiro atoms. The molecular weight excluding hydrogens is 180 g/mol.